The quantitative estimate of drug-likeness (QED) is 0.678. The van der Waals surface area contributed by atoms with Gasteiger partial charge in [0.2, 0.25) is 0 Å². The minimum Gasteiger partial charge on any atom is -0.361 e. The highest BCUT2D eigenvalue weighted by Crippen LogP contribution is 2.25. The monoisotopic (exact) mass is 186 g/mol. The van der Waals surface area contributed by atoms with Gasteiger partial charge in [0.25, 0.3) is 0 Å². The van der Waals surface area contributed by atoms with Crippen molar-refractivity contribution in [3.63, 3.8) is 0 Å². The highest BCUT2D eigenvalue weighted by Gasteiger charge is 2.24. The van der Waals surface area contributed by atoms with Gasteiger partial charge in [0.05, 0.1) is 0 Å². The fourth-order valence-electron chi connectivity index (χ4n) is 1.42. The standard InChI is InChI=1S/C9H18N2S/c1-9(2,3)5-7-6-12-8(10-4)11-7/h7H,5-6H2,1-4H3,(H,10,11). The average molecular weight is 186 g/mol. The number of aliphatic imine (C=N–C) groups is 1. The Morgan fingerprint density at radius 2 is 2.25 bits per heavy atom. The van der Waals surface area contributed by atoms with Gasteiger partial charge in [-0.15, -0.1) is 0 Å². The predicted molar refractivity (Wildman–Crippen MR) is 56.8 cm³/mol. The Morgan fingerprint density at radius 1 is 1.58 bits per heavy atom. The van der Waals surface area contributed by atoms with Crippen LogP contribution in [0.4, 0.5) is 0 Å². The Bertz CT molecular complexity index is 181. The van der Waals surface area contributed by atoms with E-state index < -0.39 is 0 Å². The maximum Gasteiger partial charge on any atom is 0.156 e. The van der Waals surface area contributed by atoms with Crippen molar-refractivity contribution in [1.29, 1.82) is 0 Å². The molecule has 1 saturated heterocycles. The van der Waals surface area contributed by atoms with Crippen LogP contribution < -0.4 is 5.32 Å². The number of hydrogen-bond acceptors (Lipinski definition) is 2. The van der Waals surface area contributed by atoms with Gasteiger partial charge in [-0.1, -0.05) is 32.5 Å². The lowest BCUT2D eigenvalue weighted by Gasteiger charge is -2.22. The molecule has 0 amide bonds. The highest BCUT2D eigenvalue weighted by atomic mass is 32.2. The Morgan fingerprint density at radius 3 is 2.67 bits per heavy atom. The summed E-state index contributed by atoms with van der Waals surface area (Å²) in [5.74, 6) is 1.17. The van der Waals surface area contributed by atoms with Crippen molar-refractivity contribution in [2.75, 3.05) is 12.8 Å². The summed E-state index contributed by atoms with van der Waals surface area (Å²) >= 11 is 1.83. The van der Waals surface area contributed by atoms with E-state index in [1.54, 1.807) is 0 Å². The number of hydrogen-bond donors (Lipinski definition) is 1. The molecule has 1 fully saturated rings. The van der Waals surface area contributed by atoms with E-state index >= 15 is 0 Å². The number of rotatable bonds is 1. The molecule has 0 aromatic heterocycles. The predicted octanol–water partition coefficient (Wildman–Crippen LogP) is 2.11. The molecule has 1 aliphatic rings. The van der Waals surface area contributed by atoms with Crippen LogP contribution in [-0.2, 0) is 0 Å². The van der Waals surface area contributed by atoms with E-state index in [4.69, 9.17) is 0 Å². The van der Waals surface area contributed by atoms with Crippen molar-refractivity contribution in [3.05, 3.63) is 0 Å². The van der Waals surface area contributed by atoms with Crippen LogP contribution >= 0.6 is 11.8 Å². The topological polar surface area (TPSA) is 24.4 Å². The van der Waals surface area contributed by atoms with Crippen molar-refractivity contribution >= 4 is 16.9 Å². The summed E-state index contributed by atoms with van der Waals surface area (Å²) in [5.41, 5.74) is 0.418. The van der Waals surface area contributed by atoms with Gasteiger partial charge in [-0.05, 0) is 11.8 Å². The van der Waals surface area contributed by atoms with Crippen LogP contribution in [0.15, 0.2) is 4.99 Å². The van der Waals surface area contributed by atoms with E-state index in [2.05, 4.69) is 31.1 Å². The SMILES string of the molecule is CN=C1NC(CC(C)(C)C)CS1. The molecule has 1 rings (SSSR count). The first-order valence-electron chi connectivity index (χ1n) is 4.37. The molecule has 0 aromatic rings. The van der Waals surface area contributed by atoms with Crippen molar-refractivity contribution in [2.24, 2.45) is 10.4 Å². The largest absolute Gasteiger partial charge is 0.361 e. The number of nitrogens with one attached hydrogen (secondary N) is 1. The van der Waals surface area contributed by atoms with Crippen LogP contribution in [0.3, 0.4) is 0 Å². The molecular weight excluding hydrogens is 168 g/mol. The first-order valence-corrected chi connectivity index (χ1v) is 5.36. The second-order valence-electron chi connectivity index (χ2n) is 4.45. The van der Waals surface area contributed by atoms with E-state index in [1.165, 1.54) is 12.2 Å². The maximum atomic E-state index is 4.14. The van der Waals surface area contributed by atoms with Crippen molar-refractivity contribution in [2.45, 2.75) is 33.2 Å². The number of thioether (sulfide) groups is 1. The fourth-order valence-corrected chi connectivity index (χ4v) is 2.36. The second kappa shape index (κ2) is 3.69. The van der Waals surface area contributed by atoms with Gasteiger partial charge in [-0.25, -0.2) is 0 Å². The zero-order valence-corrected chi connectivity index (χ0v) is 9.16. The zero-order valence-electron chi connectivity index (χ0n) is 8.35. The van der Waals surface area contributed by atoms with Gasteiger partial charge in [0.1, 0.15) is 0 Å². The molecule has 1 aliphatic heterocycles. The molecule has 2 nitrogen and oxygen atoms in total. The van der Waals surface area contributed by atoms with Gasteiger partial charge in [-0.3, -0.25) is 4.99 Å². The molecule has 0 spiro atoms. The molecule has 0 aliphatic carbocycles. The van der Waals surface area contributed by atoms with Gasteiger partial charge in [0.15, 0.2) is 5.17 Å². The minimum absolute atomic E-state index is 0.418. The lowest BCUT2D eigenvalue weighted by atomic mass is 9.89. The summed E-state index contributed by atoms with van der Waals surface area (Å²) in [6.07, 6.45) is 1.22. The van der Waals surface area contributed by atoms with Crippen LogP contribution in [0.5, 0.6) is 0 Å². The normalized spacial score (nSPS) is 27.7. The Kier molecular flexibility index (Phi) is 3.04. The molecule has 1 atom stereocenters. The summed E-state index contributed by atoms with van der Waals surface area (Å²) < 4.78 is 0. The Hall–Kier alpha value is -0.180. The van der Waals surface area contributed by atoms with Crippen molar-refractivity contribution in [1.82, 2.24) is 5.32 Å². The summed E-state index contributed by atoms with van der Waals surface area (Å²) in [7, 11) is 1.84. The zero-order chi connectivity index (χ0) is 9.19. The molecule has 1 heterocycles. The molecule has 0 aromatic carbocycles. The minimum atomic E-state index is 0.418. The number of nitrogens with zero attached hydrogens (tertiary/aromatic N) is 1. The van der Waals surface area contributed by atoms with Crippen molar-refractivity contribution < 1.29 is 0 Å². The Labute approximate surface area is 79.2 Å². The molecule has 1 N–H and O–H groups in total. The lowest BCUT2D eigenvalue weighted by molar-refractivity contribution is 0.342. The molecule has 0 saturated carbocycles. The summed E-state index contributed by atoms with van der Waals surface area (Å²) in [5, 5.41) is 4.51. The molecule has 0 radical (unpaired) electrons. The van der Waals surface area contributed by atoms with Crippen LogP contribution in [0, 0.1) is 5.41 Å². The van der Waals surface area contributed by atoms with E-state index in [0.29, 0.717) is 11.5 Å². The van der Waals surface area contributed by atoms with Crippen molar-refractivity contribution in [3.8, 4) is 0 Å². The van der Waals surface area contributed by atoms with E-state index in [9.17, 15) is 0 Å². The van der Waals surface area contributed by atoms with Gasteiger partial charge in [-0.2, -0.15) is 0 Å². The van der Waals surface area contributed by atoms with Crippen LogP contribution in [0.1, 0.15) is 27.2 Å². The Balaban J connectivity index is 2.38. The molecule has 70 valence electrons. The van der Waals surface area contributed by atoms with E-state index in [0.717, 1.165) is 5.17 Å². The average Bonchev–Trinajstić information content (AvgIpc) is 2.32. The maximum absolute atomic E-state index is 4.14. The fraction of sp³-hybridized carbons (Fsp3) is 0.889. The van der Waals surface area contributed by atoms with Gasteiger partial charge < -0.3 is 5.32 Å². The van der Waals surface area contributed by atoms with Gasteiger partial charge >= 0.3 is 0 Å². The lowest BCUT2D eigenvalue weighted by Crippen LogP contribution is -2.30. The van der Waals surface area contributed by atoms with E-state index in [-0.39, 0.29) is 0 Å². The highest BCUT2D eigenvalue weighted by molar-refractivity contribution is 8.14. The second-order valence-corrected chi connectivity index (χ2v) is 5.45. The molecule has 1 unspecified atom stereocenters. The molecular formula is C9H18N2S. The summed E-state index contributed by atoms with van der Waals surface area (Å²) in [6, 6.07) is 0.619. The number of amidine groups is 1. The first kappa shape index (κ1) is 9.90. The van der Waals surface area contributed by atoms with Crippen LogP contribution in [0.2, 0.25) is 0 Å². The third kappa shape index (κ3) is 3.05. The molecule has 0 bridgehead atoms. The van der Waals surface area contributed by atoms with Gasteiger partial charge in [0, 0.05) is 18.8 Å². The van der Waals surface area contributed by atoms with Crippen LogP contribution in [-0.4, -0.2) is 24.0 Å². The molecule has 12 heavy (non-hydrogen) atoms. The van der Waals surface area contributed by atoms with Crippen LogP contribution in [0.25, 0.3) is 0 Å². The summed E-state index contributed by atoms with van der Waals surface area (Å²) in [4.78, 5) is 4.14. The third-order valence-electron chi connectivity index (χ3n) is 1.81. The smallest absolute Gasteiger partial charge is 0.156 e. The third-order valence-corrected chi connectivity index (χ3v) is 2.95. The molecule has 3 heteroatoms. The first-order chi connectivity index (χ1) is 5.51. The summed E-state index contributed by atoms with van der Waals surface area (Å²) in [6.45, 7) is 6.83. The van der Waals surface area contributed by atoms with E-state index in [1.807, 2.05) is 18.8 Å².